The van der Waals surface area contributed by atoms with E-state index in [2.05, 4.69) is 0 Å². The van der Waals surface area contributed by atoms with Crippen LogP contribution in [0.4, 0.5) is 0 Å². The lowest BCUT2D eigenvalue weighted by Gasteiger charge is -2.29. The zero-order chi connectivity index (χ0) is 22.0. The van der Waals surface area contributed by atoms with Crippen molar-refractivity contribution in [2.45, 2.75) is 19.0 Å². The quantitative estimate of drug-likeness (QED) is 0.514. The van der Waals surface area contributed by atoms with Crippen LogP contribution in [0.1, 0.15) is 12.0 Å². The maximum Gasteiger partial charge on any atom is 0.261 e. The van der Waals surface area contributed by atoms with Gasteiger partial charge in [0.25, 0.3) is 5.91 Å². The summed E-state index contributed by atoms with van der Waals surface area (Å²) < 4.78 is 29.8. The minimum Gasteiger partial charge on any atom is -0.482 e. The average Bonchev–Trinajstić information content (AvgIpc) is 3.10. The molecular formula is C23H21Cl2NO4S. The van der Waals surface area contributed by atoms with Crippen LogP contribution in [0.15, 0.2) is 60.7 Å². The number of carbonyl (C=O) groups excluding carboxylic acids is 1. The van der Waals surface area contributed by atoms with Crippen LogP contribution in [0.2, 0.25) is 10.0 Å². The Hall–Kier alpha value is -2.28. The number of sulfone groups is 1. The molecule has 1 saturated heterocycles. The van der Waals surface area contributed by atoms with Crippen molar-refractivity contribution in [3.63, 3.8) is 0 Å². The molecule has 0 N–H and O–H groups in total. The molecule has 0 aliphatic carbocycles. The molecule has 3 aromatic carbocycles. The largest absolute Gasteiger partial charge is 0.482 e. The zero-order valence-electron chi connectivity index (χ0n) is 16.6. The van der Waals surface area contributed by atoms with Crippen molar-refractivity contribution in [1.82, 2.24) is 4.90 Å². The van der Waals surface area contributed by atoms with Gasteiger partial charge in [-0.2, -0.15) is 0 Å². The van der Waals surface area contributed by atoms with Crippen LogP contribution in [0.5, 0.6) is 5.75 Å². The smallest absolute Gasteiger partial charge is 0.261 e. The highest BCUT2D eigenvalue weighted by Crippen LogP contribution is 2.28. The van der Waals surface area contributed by atoms with E-state index in [1.807, 2.05) is 42.5 Å². The molecule has 8 heteroatoms. The fourth-order valence-corrected chi connectivity index (χ4v) is 6.06. The number of ether oxygens (including phenoxy) is 1. The van der Waals surface area contributed by atoms with E-state index in [4.69, 9.17) is 27.9 Å². The minimum atomic E-state index is -3.16. The summed E-state index contributed by atoms with van der Waals surface area (Å²) in [5, 5.41) is 2.88. The highest BCUT2D eigenvalue weighted by Gasteiger charge is 2.35. The molecule has 1 fully saturated rings. The summed E-state index contributed by atoms with van der Waals surface area (Å²) in [5.74, 6) is 0.108. The van der Waals surface area contributed by atoms with Gasteiger partial charge in [0.15, 0.2) is 16.4 Å². The van der Waals surface area contributed by atoms with E-state index in [9.17, 15) is 13.2 Å². The molecule has 162 valence electrons. The fraction of sp³-hybridized carbons (Fsp3) is 0.261. The molecule has 0 aromatic heterocycles. The maximum absolute atomic E-state index is 13.2. The summed E-state index contributed by atoms with van der Waals surface area (Å²) in [6.07, 6.45) is 0.417. The number of hydrogen-bond acceptors (Lipinski definition) is 4. The van der Waals surface area contributed by atoms with Crippen LogP contribution in [0.25, 0.3) is 10.8 Å². The van der Waals surface area contributed by atoms with E-state index in [0.29, 0.717) is 28.8 Å². The van der Waals surface area contributed by atoms with E-state index in [0.717, 1.165) is 16.3 Å². The molecule has 5 nitrogen and oxygen atoms in total. The average molecular weight is 478 g/mol. The fourth-order valence-electron chi connectivity index (χ4n) is 3.87. The van der Waals surface area contributed by atoms with Crippen molar-refractivity contribution in [3.8, 4) is 5.75 Å². The van der Waals surface area contributed by atoms with Gasteiger partial charge >= 0.3 is 0 Å². The topological polar surface area (TPSA) is 63.7 Å². The van der Waals surface area contributed by atoms with Gasteiger partial charge in [0, 0.05) is 17.6 Å². The van der Waals surface area contributed by atoms with Crippen molar-refractivity contribution in [1.29, 1.82) is 0 Å². The number of nitrogens with zero attached hydrogens (tertiary/aromatic N) is 1. The number of amides is 1. The summed E-state index contributed by atoms with van der Waals surface area (Å²) in [6, 6.07) is 18.2. The molecule has 4 rings (SSSR count). The lowest BCUT2D eigenvalue weighted by Crippen LogP contribution is -2.43. The van der Waals surface area contributed by atoms with Crippen molar-refractivity contribution in [3.05, 3.63) is 76.3 Å². The Kier molecular flexibility index (Phi) is 6.42. The molecule has 31 heavy (non-hydrogen) atoms. The SMILES string of the molecule is O=C(COc1ccc(Cl)cc1Cl)N(Cc1cccc2ccccc12)[C@@H]1CCS(=O)(=O)C1. The van der Waals surface area contributed by atoms with Gasteiger partial charge in [0.2, 0.25) is 0 Å². The van der Waals surface area contributed by atoms with E-state index >= 15 is 0 Å². The Morgan fingerprint density at radius 3 is 2.58 bits per heavy atom. The number of fused-ring (bicyclic) bond motifs is 1. The van der Waals surface area contributed by atoms with Crippen molar-refractivity contribution in [2.24, 2.45) is 0 Å². The van der Waals surface area contributed by atoms with Crippen molar-refractivity contribution >= 4 is 49.7 Å². The second-order valence-corrected chi connectivity index (χ2v) is 10.7. The Morgan fingerprint density at radius 1 is 1.06 bits per heavy atom. The molecule has 0 radical (unpaired) electrons. The molecule has 0 saturated carbocycles. The first-order valence-electron chi connectivity index (χ1n) is 9.87. The van der Waals surface area contributed by atoms with Crippen LogP contribution in [0, 0.1) is 0 Å². The molecule has 1 amide bonds. The van der Waals surface area contributed by atoms with Crippen molar-refractivity contribution < 1.29 is 17.9 Å². The Balaban J connectivity index is 1.58. The summed E-state index contributed by atoms with van der Waals surface area (Å²) in [6.45, 7) is 0.0563. The minimum absolute atomic E-state index is 0.0365. The summed E-state index contributed by atoms with van der Waals surface area (Å²) in [5.41, 5.74) is 0.959. The molecule has 1 aliphatic heterocycles. The van der Waals surface area contributed by atoms with Gasteiger partial charge in [-0.05, 0) is 41.0 Å². The van der Waals surface area contributed by atoms with Gasteiger partial charge < -0.3 is 9.64 Å². The van der Waals surface area contributed by atoms with Crippen LogP contribution in [-0.2, 0) is 21.2 Å². The molecule has 0 spiro atoms. The van der Waals surface area contributed by atoms with Crippen LogP contribution in [0.3, 0.4) is 0 Å². The van der Waals surface area contributed by atoms with E-state index in [-0.39, 0.29) is 30.1 Å². The van der Waals surface area contributed by atoms with Crippen LogP contribution < -0.4 is 4.74 Å². The highest BCUT2D eigenvalue weighted by molar-refractivity contribution is 7.91. The van der Waals surface area contributed by atoms with Gasteiger partial charge in [-0.15, -0.1) is 0 Å². The molecule has 3 aromatic rings. The molecule has 1 aliphatic rings. The van der Waals surface area contributed by atoms with Gasteiger partial charge in [-0.25, -0.2) is 8.42 Å². The lowest BCUT2D eigenvalue weighted by molar-refractivity contribution is -0.135. The van der Waals surface area contributed by atoms with Crippen molar-refractivity contribution in [2.75, 3.05) is 18.1 Å². The van der Waals surface area contributed by atoms with Gasteiger partial charge in [-0.3, -0.25) is 4.79 Å². The predicted molar refractivity (Wildman–Crippen MR) is 124 cm³/mol. The summed E-state index contributed by atoms with van der Waals surface area (Å²) >= 11 is 12.0. The van der Waals surface area contributed by atoms with Gasteiger partial charge in [0.1, 0.15) is 5.75 Å². The maximum atomic E-state index is 13.2. The van der Waals surface area contributed by atoms with E-state index in [1.54, 1.807) is 23.1 Å². The number of rotatable bonds is 6. The first-order chi connectivity index (χ1) is 14.8. The molecular weight excluding hydrogens is 457 g/mol. The number of halogens is 2. The lowest BCUT2D eigenvalue weighted by atomic mass is 10.0. The Morgan fingerprint density at radius 2 is 1.84 bits per heavy atom. The summed E-state index contributed by atoms with van der Waals surface area (Å²) in [7, 11) is -3.16. The van der Waals surface area contributed by atoms with Crippen LogP contribution in [-0.4, -0.2) is 43.4 Å². The second-order valence-electron chi connectivity index (χ2n) is 7.58. The molecule has 1 atom stereocenters. The number of benzene rings is 3. The third kappa shape index (κ3) is 5.14. The van der Waals surface area contributed by atoms with Gasteiger partial charge in [-0.1, -0.05) is 65.7 Å². The normalized spacial score (nSPS) is 17.5. The molecule has 1 heterocycles. The number of carbonyl (C=O) groups is 1. The summed E-state index contributed by atoms with van der Waals surface area (Å²) in [4.78, 5) is 14.8. The Labute approximate surface area is 191 Å². The zero-order valence-corrected chi connectivity index (χ0v) is 19.0. The van der Waals surface area contributed by atoms with Crippen LogP contribution >= 0.6 is 23.2 Å². The molecule has 0 unspecified atom stereocenters. The van der Waals surface area contributed by atoms with E-state index in [1.165, 1.54) is 0 Å². The third-order valence-corrected chi connectivity index (χ3v) is 7.72. The highest BCUT2D eigenvalue weighted by atomic mass is 35.5. The monoisotopic (exact) mass is 477 g/mol. The molecule has 0 bridgehead atoms. The first-order valence-corrected chi connectivity index (χ1v) is 12.4. The first kappa shape index (κ1) is 21.9. The second kappa shape index (κ2) is 9.07. The Bertz CT molecular complexity index is 1220. The van der Waals surface area contributed by atoms with Gasteiger partial charge in [0.05, 0.1) is 16.5 Å². The van der Waals surface area contributed by atoms with E-state index < -0.39 is 9.84 Å². The standard InChI is InChI=1S/C23H21Cl2NO4S/c24-18-8-9-22(21(25)12-18)30-14-23(27)26(19-10-11-31(28,29)15-19)13-17-6-3-5-16-4-1-2-7-20(16)17/h1-9,12,19H,10-11,13-15H2/t19-/m1/s1. The predicted octanol–water partition coefficient (Wildman–Crippen LogP) is 4.74. The number of hydrogen-bond donors (Lipinski definition) is 0. The third-order valence-electron chi connectivity index (χ3n) is 5.44.